The van der Waals surface area contributed by atoms with Crippen LogP contribution in [0.4, 0.5) is 10.5 Å². The number of carbonyl (C=O) groups is 2. The predicted octanol–water partition coefficient (Wildman–Crippen LogP) is 4.12. The number of ether oxygens (including phenoxy) is 1. The van der Waals surface area contributed by atoms with Gasteiger partial charge < -0.3 is 26.2 Å². The van der Waals surface area contributed by atoms with Crippen LogP contribution in [0.15, 0.2) is 89.8 Å². The number of methoxy groups -OCH3 is 1. The van der Waals surface area contributed by atoms with Crippen LogP contribution in [-0.2, 0) is 19.6 Å². The minimum Gasteiger partial charge on any atom is -0.453 e. The molecule has 0 aromatic heterocycles. The molecule has 0 aliphatic carbocycles. The summed E-state index contributed by atoms with van der Waals surface area (Å²) < 4.78 is 63.4. The maximum Gasteiger partial charge on any atom is 0.407 e. The van der Waals surface area contributed by atoms with Crippen molar-refractivity contribution in [3.63, 3.8) is 0 Å². The van der Waals surface area contributed by atoms with E-state index >= 15 is 0 Å². The molecule has 3 rings (SSSR count). The second-order valence-electron chi connectivity index (χ2n) is 10.7. The molecule has 0 radical (unpaired) electrons. The van der Waals surface area contributed by atoms with Crippen molar-refractivity contribution in [2.45, 2.75) is 56.0 Å². The van der Waals surface area contributed by atoms with E-state index in [4.69, 9.17) is 11.2 Å². The molecule has 0 saturated heterocycles. The van der Waals surface area contributed by atoms with Crippen LogP contribution in [-0.4, -0.2) is 68.6 Å². The second kappa shape index (κ2) is 16.8. The zero-order chi connectivity index (χ0) is 35.5. The first-order valence-electron chi connectivity index (χ1n) is 16.5. The molecule has 0 spiro atoms. The van der Waals surface area contributed by atoms with E-state index in [0.717, 1.165) is 4.31 Å². The number of hydrogen-bond acceptors (Lipinski definition) is 7. The highest BCUT2D eigenvalue weighted by Gasteiger charge is 2.33. The van der Waals surface area contributed by atoms with Crippen LogP contribution in [0.1, 0.15) is 55.6 Å². The smallest absolute Gasteiger partial charge is 0.407 e. The number of hydrogen-bond donors (Lipinski definition) is 4. The van der Waals surface area contributed by atoms with Crippen molar-refractivity contribution < 1.29 is 33.3 Å². The molecule has 1 unspecified atom stereocenters. The topological polar surface area (TPSA) is 151 Å². The number of aliphatic hydroxyl groups is 1. The van der Waals surface area contributed by atoms with Crippen LogP contribution >= 0.6 is 0 Å². The molecule has 0 fully saturated rings. The fourth-order valence-corrected chi connectivity index (χ4v) is 6.63. The third kappa shape index (κ3) is 9.54. The van der Waals surface area contributed by atoms with Crippen molar-refractivity contribution in [2.24, 2.45) is 5.92 Å². The van der Waals surface area contributed by atoms with Gasteiger partial charge in [-0.25, -0.2) is 13.2 Å². The maximum atomic E-state index is 13.7. The van der Waals surface area contributed by atoms with E-state index in [1.54, 1.807) is 62.4 Å². The number of alkyl carbamates (subject to hydrolysis) is 1. The van der Waals surface area contributed by atoms with Gasteiger partial charge in [-0.1, -0.05) is 80.9 Å². The van der Waals surface area contributed by atoms with Crippen molar-refractivity contribution in [1.82, 2.24) is 14.9 Å². The van der Waals surface area contributed by atoms with Crippen LogP contribution in [0, 0.1) is 5.92 Å². The second-order valence-corrected chi connectivity index (χ2v) is 12.6. The van der Waals surface area contributed by atoms with E-state index in [1.165, 1.54) is 24.3 Å². The number of nitrogens with zero attached hydrogens (tertiary/aromatic N) is 1. The van der Waals surface area contributed by atoms with Gasteiger partial charge in [0.15, 0.2) is 0 Å². The van der Waals surface area contributed by atoms with Crippen molar-refractivity contribution in [1.29, 1.82) is 0 Å². The summed E-state index contributed by atoms with van der Waals surface area (Å²) in [6.07, 6.45) is -0.332. The Morgan fingerprint density at radius 3 is 2.09 bits per heavy atom. The Bertz CT molecular complexity index is 1520. The lowest BCUT2D eigenvalue weighted by atomic mass is 9.84. The first kappa shape index (κ1) is 28.8. The fourth-order valence-electron chi connectivity index (χ4n) is 4.93. The molecule has 2 amide bonds. The van der Waals surface area contributed by atoms with E-state index in [0.29, 0.717) is 29.7 Å². The Labute approximate surface area is 266 Å². The number of unbranched alkanes of at least 4 members (excludes halogenated alkanes) is 1. The van der Waals surface area contributed by atoms with Gasteiger partial charge in [0, 0.05) is 32.1 Å². The summed E-state index contributed by atoms with van der Waals surface area (Å²) in [5.41, 5.74) is 7.51. The predicted molar refractivity (Wildman–Crippen MR) is 171 cm³/mol. The number of aliphatic hydroxyl groups excluding tert-OH is 1. The van der Waals surface area contributed by atoms with E-state index in [2.05, 4.69) is 15.4 Å². The summed E-state index contributed by atoms with van der Waals surface area (Å²) in [5.74, 6) is -1.66. The molecule has 5 N–H and O–H groups in total. The average Bonchev–Trinajstić information content (AvgIpc) is 3.03. The first-order chi connectivity index (χ1) is 22.7. The van der Waals surface area contributed by atoms with Crippen LogP contribution < -0.4 is 16.4 Å². The summed E-state index contributed by atoms with van der Waals surface area (Å²) in [4.78, 5) is 26.3. The van der Waals surface area contributed by atoms with E-state index in [1.807, 2.05) is 12.1 Å². The molecule has 10 nitrogen and oxygen atoms in total. The normalized spacial score (nSPS) is 15.4. The molecule has 3 aromatic carbocycles. The zero-order valence-corrected chi connectivity index (χ0v) is 25.7. The largest absolute Gasteiger partial charge is 0.453 e. The lowest BCUT2D eigenvalue weighted by Gasteiger charge is -2.31. The fraction of sp³-hybridized carbons (Fsp3) is 0.394. The standard InChI is InChI=1S/C33H44N4O6S/c1-24(2)22-37(44(41,42)29-19-17-27(34)18-20-29)28(23-38)16-10-11-21-35-32(39)31(36-33(40)43-3)30(25-12-6-4-7-13-25)26-14-8-5-9-15-26/h4-9,12-15,17-20,24,28,30-31,38H,10-11,16,21-23,34H2,1-3H3,(H,35,39)(H,36,40)/t28-,31-/m0/s1/i3D3,22D/t22?,28-,31-. The Morgan fingerprint density at radius 1 is 0.977 bits per heavy atom. The van der Waals surface area contributed by atoms with Gasteiger partial charge in [0.2, 0.25) is 15.9 Å². The summed E-state index contributed by atoms with van der Waals surface area (Å²) >= 11 is 0. The van der Waals surface area contributed by atoms with Crippen LogP contribution in [0.5, 0.6) is 0 Å². The molecule has 3 aromatic rings. The minimum atomic E-state index is -4.16. The number of nitrogens with one attached hydrogen (secondary N) is 2. The number of sulfonamides is 1. The number of amides is 2. The lowest BCUT2D eigenvalue weighted by Crippen LogP contribution is -2.50. The Balaban J connectivity index is 1.77. The lowest BCUT2D eigenvalue weighted by molar-refractivity contribution is -0.123. The first-order valence-corrected chi connectivity index (χ1v) is 15.9. The van der Waals surface area contributed by atoms with Gasteiger partial charge in [-0.05, 0) is 54.2 Å². The molecule has 44 heavy (non-hydrogen) atoms. The molecule has 11 heteroatoms. The minimum absolute atomic E-state index is 0.0396. The highest BCUT2D eigenvalue weighted by molar-refractivity contribution is 7.89. The molecule has 3 atom stereocenters. The molecule has 0 heterocycles. The third-order valence-corrected chi connectivity index (χ3v) is 8.88. The molecule has 0 aliphatic heterocycles. The Hall–Kier alpha value is -3.93. The van der Waals surface area contributed by atoms with Crippen LogP contribution in [0.25, 0.3) is 0 Å². The summed E-state index contributed by atoms with van der Waals surface area (Å²) in [7, 11) is -7.18. The van der Waals surface area contributed by atoms with Crippen LogP contribution in [0.2, 0.25) is 0 Å². The summed E-state index contributed by atoms with van der Waals surface area (Å²) in [6.45, 7) is 1.89. The molecule has 0 saturated carbocycles. The third-order valence-electron chi connectivity index (χ3n) is 7.03. The Morgan fingerprint density at radius 2 is 1.57 bits per heavy atom. The number of anilines is 1. The van der Waals surface area contributed by atoms with Crippen molar-refractivity contribution in [2.75, 3.05) is 32.4 Å². The van der Waals surface area contributed by atoms with E-state index in [-0.39, 0.29) is 23.8 Å². The van der Waals surface area contributed by atoms with Crippen molar-refractivity contribution >= 4 is 27.7 Å². The zero-order valence-electron chi connectivity index (χ0n) is 28.9. The number of carbonyl (C=O) groups excluding carboxylic acids is 2. The highest BCUT2D eigenvalue weighted by atomic mass is 32.2. The highest BCUT2D eigenvalue weighted by Crippen LogP contribution is 2.29. The van der Waals surface area contributed by atoms with Gasteiger partial charge in [0.05, 0.1) is 22.7 Å². The Kier molecular flexibility index (Phi) is 11.0. The van der Waals surface area contributed by atoms with Gasteiger partial charge in [0.25, 0.3) is 0 Å². The molecule has 238 valence electrons. The van der Waals surface area contributed by atoms with Crippen molar-refractivity contribution in [3.05, 3.63) is 96.1 Å². The number of nitrogen functional groups attached to an aromatic ring is 1. The molecule has 0 aliphatic rings. The number of benzene rings is 3. The molecular formula is C33H44N4O6S. The quantitative estimate of drug-likeness (QED) is 0.138. The van der Waals surface area contributed by atoms with Gasteiger partial charge in [-0.3, -0.25) is 4.79 Å². The van der Waals surface area contributed by atoms with Gasteiger partial charge in [0.1, 0.15) is 6.04 Å². The molecular weight excluding hydrogens is 580 g/mol. The van der Waals surface area contributed by atoms with Gasteiger partial charge in [-0.2, -0.15) is 4.31 Å². The number of nitrogens with two attached hydrogens (primary N) is 1. The maximum absolute atomic E-state index is 13.7. The summed E-state index contributed by atoms with van der Waals surface area (Å²) in [6, 6.07) is 21.4. The molecule has 0 bridgehead atoms. The SMILES string of the molecule is [2H]C(C(C)C)N([C@H](CO)CCCCNC(=O)[C@@H](NC(=O)OC([2H])([2H])[2H])C(c1ccccc1)c1ccccc1)S(=O)(=O)c1ccc(N)cc1. The van der Waals surface area contributed by atoms with Gasteiger partial charge >= 0.3 is 6.09 Å². The van der Waals surface area contributed by atoms with Crippen molar-refractivity contribution in [3.8, 4) is 0 Å². The van der Waals surface area contributed by atoms with Gasteiger partial charge in [-0.15, -0.1) is 0 Å². The van der Waals surface area contributed by atoms with Crippen LogP contribution in [0.3, 0.4) is 0 Å². The summed E-state index contributed by atoms with van der Waals surface area (Å²) in [5, 5.41) is 15.5. The van der Waals surface area contributed by atoms with E-state index < -0.39 is 60.2 Å². The van der Waals surface area contributed by atoms with E-state index in [9.17, 15) is 23.1 Å². The monoisotopic (exact) mass is 628 g/mol. The number of rotatable bonds is 16. The average molecular weight is 629 g/mol.